The molecular formula is C27H44N8. The molecule has 0 atom stereocenters. The third-order valence-corrected chi connectivity index (χ3v) is 5.46. The van der Waals surface area contributed by atoms with E-state index in [0.717, 1.165) is 63.5 Å². The Bertz CT molecular complexity index is 730. The molecule has 0 amide bonds. The van der Waals surface area contributed by atoms with Gasteiger partial charge in [-0.1, -0.05) is 55.7 Å². The first-order valence-corrected chi connectivity index (χ1v) is 12.9. The fraction of sp³-hybridized carbons (Fsp3) is 0.481. The lowest BCUT2D eigenvalue weighted by Crippen LogP contribution is -2.32. The van der Waals surface area contributed by atoms with Crippen LogP contribution in [-0.2, 0) is 0 Å². The summed E-state index contributed by atoms with van der Waals surface area (Å²) in [6.07, 6.45) is 8.29. The first-order valence-electron chi connectivity index (χ1n) is 12.9. The summed E-state index contributed by atoms with van der Waals surface area (Å²) >= 11 is 0. The number of hydrogen-bond acceptors (Lipinski definition) is 4. The molecule has 0 aliphatic heterocycles. The summed E-state index contributed by atoms with van der Waals surface area (Å²) in [5, 5.41) is 35.1. The number of unbranched alkanes of at least 4 members (excludes halogenated alkanes) is 4. The zero-order valence-electron chi connectivity index (χ0n) is 21.0. The van der Waals surface area contributed by atoms with Gasteiger partial charge < -0.3 is 31.9 Å². The van der Waals surface area contributed by atoms with Gasteiger partial charge in [0.05, 0.1) is 0 Å². The van der Waals surface area contributed by atoms with Gasteiger partial charge in [0.25, 0.3) is 0 Å². The van der Waals surface area contributed by atoms with Crippen molar-refractivity contribution in [3.63, 3.8) is 0 Å². The van der Waals surface area contributed by atoms with Crippen LogP contribution in [0.25, 0.3) is 0 Å². The minimum atomic E-state index is 0.346. The molecule has 0 aromatic heterocycles. The molecule has 8 N–H and O–H groups in total. The Morgan fingerprint density at radius 3 is 1.26 bits per heavy atom. The van der Waals surface area contributed by atoms with Gasteiger partial charge in [-0.2, -0.15) is 0 Å². The second-order valence-corrected chi connectivity index (χ2v) is 8.56. The van der Waals surface area contributed by atoms with Crippen LogP contribution in [0.5, 0.6) is 0 Å². The lowest BCUT2D eigenvalue weighted by molar-refractivity contribution is 0.547. The van der Waals surface area contributed by atoms with E-state index in [0.29, 0.717) is 11.9 Å². The maximum absolute atomic E-state index is 7.90. The fourth-order valence-corrected chi connectivity index (χ4v) is 3.55. The molecule has 2 aromatic rings. The normalized spacial score (nSPS) is 10.5. The monoisotopic (exact) mass is 480 g/mol. The molecule has 0 saturated heterocycles. The predicted octanol–water partition coefficient (Wildman–Crippen LogP) is 4.17. The smallest absolute Gasteiger partial charge is 0.192 e. The maximum Gasteiger partial charge on any atom is 0.192 e. The summed E-state index contributed by atoms with van der Waals surface area (Å²) < 4.78 is 0. The molecule has 0 fully saturated rings. The second-order valence-electron chi connectivity index (χ2n) is 8.56. The molecular weight excluding hydrogens is 436 g/mol. The highest BCUT2D eigenvalue weighted by molar-refractivity contribution is 5.91. The Morgan fingerprint density at radius 2 is 0.829 bits per heavy atom. The molecule has 0 heterocycles. The summed E-state index contributed by atoms with van der Waals surface area (Å²) in [5.74, 6) is 0.693. The van der Waals surface area contributed by atoms with Crippen LogP contribution in [0.3, 0.4) is 0 Å². The van der Waals surface area contributed by atoms with E-state index in [9.17, 15) is 0 Å². The van der Waals surface area contributed by atoms with Gasteiger partial charge in [0.15, 0.2) is 11.9 Å². The van der Waals surface area contributed by atoms with Gasteiger partial charge in [-0.05, 0) is 76.1 Å². The quantitative estimate of drug-likeness (QED) is 0.0921. The van der Waals surface area contributed by atoms with Gasteiger partial charge in [0.2, 0.25) is 0 Å². The number of rotatable bonds is 18. The first kappa shape index (κ1) is 28.1. The summed E-state index contributed by atoms with van der Waals surface area (Å²) in [6, 6.07) is 19.6. The number of guanidine groups is 2. The Morgan fingerprint density at radius 1 is 0.457 bits per heavy atom. The molecule has 0 spiro atoms. The Balaban J connectivity index is 1.26. The largest absolute Gasteiger partial charge is 0.356 e. The van der Waals surface area contributed by atoms with Crippen molar-refractivity contribution in [1.29, 1.82) is 10.8 Å². The average Bonchev–Trinajstić information content (AvgIpc) is 2.87. The van der Waals surface area contributed by atoms with E-state index >= 15 is 0 Å². The van der Waals surface area contributed by atoms with E-state index in [4.69, 9.17) is 10.8 Å². The predicted molar refractivity (Wildman–Crippen MR) is 150 cm³/mol. The van der Waals surface area contributed by atoms with Crippen molar-refractivity contribution < 1.29 is 0 Å². The van der Waals surface area contributed by atoms with E-state index in [1.165, 1.54) is 32.1 Å². The van der Waals surface area contributed by atoms with Crippen molar-refractivity contribution in [2.75, 3.05) is 49.9 Å². The standard InChI is InChI=1S/C27H44N8/c28-26(34-24-14-6-4-7-15-24)32-22-12-20-30-18-10-2-1-3-11-19-31-21-13-23-33-27(29)35-25-16-8-5-9-17-25/h4-9,14-17,30-31H,1-3,10-13,18-23H2,(H3,28,32,34)(H3,29,33,35). The molecule has 8 nitrogen and oxygen atoms in total. The third kappa shape index (κ3) is 15.4. The SMILES string of the molecule is N=C(NCCCNCCCCCCCNCCCNC(=N)Nc1ccccc1)Nc1ccccc1. The highest BCUT2D eigenvalue weighted by Gasteiger charge is 1.98. The third-order valence-electron chi connectivity index (χ3n) is 5.46. The zero-order chi connectivity index (χ0) is 24.8. The average molecular weight is 481 g/mol. The van der Waals surface area contributed by atoms with Gasteiger partial charge in [0, 0.05) is 24.5 Å². The molecule has 0 unspecified atom stereocenters. The summed E-state index contributed by atoms with van der Waals surface area (Å²) in [5.41, 5.74) is 1.86. The van der Waals surface area contributed by atoms with Crippen LogP contribution in [0.2, 0.25) is 0 Å². The van der Waals surface area contributed by atoms with Crippen molar-refractivity contribution in [3.8, 4) is 0 Å². The second kappa shape index (κ2) is 19.2. The van der Waals surface area contributed by atoms with Gasteiger partial charge in [-0.15, -0.1) is 0 Å². The molecule has 2 aromatic carbocycles. The van der Waals surface area contributed by atoms with Crippen molar-refractivity contribution >= 4 is 23.3 Å². The molecule has 0 aliphatic rings. The summed E-state index contributed by atoms with van der Waals surface area (Å²) in [7, 11) is 0. The molecule has 192 valence electrons. The van der Waals surface area contributed by atoms with E-state index in [2.05, 4.69) is 31.9 Å². The lowest BCUT2D eigenvalue weighted by atomic mass is 10.1. The topological polar surface area (TPSA) is 120 Å². The van der Waals surface area contributed by atoms with Crippen LogP contribution in [-0.4, -0.2) is 51.2 Å². The summed E-state index contributed by atoms with van der Waals surface area (Å²) in [6.45, 7) is 5.68. The maximum atomic E-state index is 7.90. The molecule has 2 rings (SSSR count). The van der Waals surface area contributed by atoms with Crippen LogP contribution in [0.1, 0.15) is 44.9 Å². The number of para-hydroxylation sites is 2. The fourth-order valence-electron chi connectivity index (χ4n) is 3.55. The van der Waals surface area contributed by atoms with Crippen molar-refractivity contribution in [2.24, 2.45) is 0 Å². The van der Waals surface area contributed by atoms with Gasteiger partial charge in [-0.3, -0.25) is 10.8 Å². The van der Waals surface area contributed by atoms with E-state index < -0.39 is 0 Å². The molecule has 0 bridgehead atoms. The first-order chi connectivity index (χ1) is 17.2. The number of benzene rings is 2. The molecule has 35 heavy (non-hydrogen) atoms. The van der Waals surface area contributed by atoms with Crippen LogP contribution >= 0.6 is 0 Å². The minimum Gasteiger partial charge on any atom is -0.356 e. The number of hydrogen-bond donors (Lipinski definition) is 8. The van der Waals surface area contributed by atoms with Crippen molar-refractivity contribution in [2.45, 2.75) is 44.9 Å². The highest BCUT2D eigenvalue weighted by Crippen LogP contribution is 2.05. The summed E-state index contributed by atoms with van der Waals surface area (Å²) in [4.78, 5) is 0. The van der Waals surface area contributed by atoms with E-state index in [-0.39, 0.29) is 0 Å². The molecule has 0 saturated carbocycles. The molecule has 0 aliphatic carbocycles. The highest BCUT2D eigenvalue weighted by atomic mass is 15.1. The Kier molecular flexibility index (Phi) is 15.5. The Labute approximate surface area is 211 Å². The van der Waals surface area contributed by atoms with Gasteiger partial charge >= 0.3 is 0 Å². The van der Waals surface area contributed by atoms with E-state index in [1.54, 1.807) is 0 Å². The van der Waals surface area contributed by atoms with Crippen LogP contribution < -0.4 is 31.9 Å². The molecule has 8 heteroatoms. The van der Waals surface area contributed by atoms with Crippen LogP contribution in [0, 0.1) is 10.8 Å². The lowest BCUT2D eigenvalue weighted by Gasteiger charge is -2.11. The van der Waals surface area contributed by atoms with Crippen molar-refractivity contribution in [3.05, 3.63) is 60.7 Å². The van der Waals surface area contributed by atoms with Crippen molar-refractivity contribution in [1.82, 2.24) is 21.3 Å². The van der Waals surface area contributed by atoms with E-state index in [1.807, 2.05) is 60.7 Å². The number of anilines is 2. The molecule has 0 radical (unpaired) electrons. The minimum absolute atomic E-state index is 0.346. The Hall–Kier alpha value is -3.10. The van der Waals surface area contributed by atoms with Crippen LogP contribution in [0.15, 0.2) is 60.7 Å². The van der Waals surface area contributed by atoms with Gasteiger partial charge in [-0.25, -0.2) is 0 Å². The van der Waals surface area contributed by atoms with Gasteiger partial charge in [0.1, 0.15) is 0 Å². The van der Waals surface area contributed by atoms with Crippen LogP contribution in [0.4, 0.5) is 11.4 Å². The zero-order valence-corrected chi connectivity index (χ0v) is 21.0. The number of nitrogens with one attached hydrogen (secondary N) is 8.